The molecule has 7 nitrogen and oxygen atoms in total. The fourth-order valence-electron chi connectivity index (χ4n) is 4.35. The van der Waals surface area contributed by atoms with Gasteiger partial charge in [0.15, 0.2) is 0 Å². The Morgan fingerprint density at radius 1 is 1.17 bits per heavy atom. The van der Waals surface area contributed by atoms with E-state index in [2.05, 4.69) is 31.5 Å². The van der Waals surface area contributed by atoms with Crippen LogP contribution < -0.4 is 15.4 Å². The summed E-state index contributed by atoms with van der Waals surface area (Å²) in [6.07, 6.45) is -0.814. The number of nitrogens with one attached hydrogen (secondary N) is 2. The first-order valence-electron chi connectivity index (χ1n) is 11.6. The van der Waals surface area contributed by atoms with Crippen LogP contribution >= 0.6 is 15.9 Å². The first kappa shape index (κ1) is 27.8. The molecule has 1 heterocycles. The molecule has 0 saturated heterocycles. The van der Waals surface area contributed by atoms with E-state index in [0.717, 1.165) is 29.6 Å². The number of carbonyl (C=O) groups is 2. The van der Waals surface area contributed by atoms with Gasteiger partial charge >= 0.3 is 12.1 Å². The van der Waals surface area contributed by atoms with E-state index >= 15 is 0 Å². The van der Waals surface area contributed by atoms with Crippen LogP contribution in [0.2, 0.25) is 0 Å². The second-order valence-corrected chi connectivity index (χ2v) is 9.74. The van der Waals surface area contributed by atoms with Crippen molar-refractivity contribution in [3.63, 3.8) is 0 Å². The van der Waals surface area contributed by atoms with Crippen molar-refractivity contribution in [2.24, 2.45) is 11.8 Å². The Kier molecular flexibility index (Phi) is 9.21. The highest BCUT2D eigenvalue weighted by Gasteiger charge is 2.36. The molecule has 0 bridgehead atoms. The van der Waals surface area contributed by atoms with Gasteiger partial charge < -0.3 is 20.1 Å². The quantitative estimate of drug-likeness (QED) is 0.392. The van der Waals surface area contributed by atoms with Gasteiger partial charge in [-0.05, 0) is 62.8 Å². The molecule has 1 aliphatic carbocycles. The lowest BCUT2D eigenvalue weighted by Gasteiger charge is -2.27. The van der Waals surface area contributed by atoms with Gasteiger partial charge in [0, 0.05) is 22.8 Å². The largest absolute Gasteiger partial charge is 0.496 e. The minimum atomic E-state index is -4.72. The SMILES string of the molecule is COc1ccc(Br)cc1[C@H](C)Nc1ncc(C(=O)NC[C@H]2CC[C@H](C(=O)OC)CC2)cc1C(F)(F)F. The minimum Gasteiger partial charge on any atom is -0.496 e. The molecule has 2 N–H and O–H groups in total. The summed E-state index contributed by atoms with van der Waals surface area (Å²) in [4.78, 5) is 28.2. The van der Waals surface area contributed by atoms with Crippen molar-refractivity contribution < 1.29 is 32.2 Å². The number of halogens is 4. The van der Waals surface area contributed by atoms with Gasteiger partial charge in [-0.3, -0.25) is 9.59 Å². The second-order valence-electron chi connectivity index (χ2n) is 8.82. The summed E-state index contributed by atoms with van der Waals surface area (Å²) in [7, 11) is 2.84. The fraction of sp³-hybridized carbons (Fsp3) is 0.480. The molecule has 1 atom stereocenters. The lowest BCUT2D eigenvalue weighted by atomic mass is 9.82. The predicted molar refractivity (Wildman–Crippen MR) is 132 cm³/mol. The Hall–Kier alpha value is -2.82. The van der Waals surface area contributed by atoms with Gasteiger partial charge in [-0.2, -0.15) is 13.2 Å². The molecule has 1 saturated carbocycles. The Morgan fingerprint density at radius 2 is 1.86 bits per heavy atom. The standard InChI is InChI=1S/C25H29BrF3N3O4/c1-14(19-11-18(26)8-9-21(19)35-2)32-22-20(25(27,28)29)10-17(13-30-22)23(33)31-12-15-4-6-16(7-5-15)24(34)36-3/h8-11,13-16H,4-7,12H2,1-3H3,(H,30,32)(H,31,33)/t14-,15-,16-/m0/s1. The summed E-state index contributed by atoms with van der Waals surface area (Å²) in [6, 6.07) is 5.48. The zero-order chi connectivity index (χ0) is 26.5. The maximum atomic E-state index is 13.9. The Morgan fingerprint density at radius 3 is 2.47 bits per heavy atom. The summed E-state index contributed by atoms with van der Waals surface area (Å²) < 4.78 is 52.5. The number of anilines is 1. The highest BCUT2D eigenvalue weighted by atomic mass is 79.9. The van der Waals surface area contributed by atoms with Crippen molar-refractivity contribution in [3.05, 3.63) is 51.6 Å². The monoisotopic (exact) mass is 571 g/mol. The van der Waals surface area contributed by atoms with E-state index < -0.39 is 23.7 Å². The van der Waals surface area contributed by atoms with Gasteiger partial charge in [-0.15, -0.1) is 0 Å². The molecule has 1 aromatic carbocycles. The number of carbonyl (C=O) groups excluding carboxylic acids is 2. The van der Waals surface area contributed by atoms with Crippen molar-refractivity contribution in [2.45, 2.75) is 44.8 Å². The summed E-state index contributed by atoms with van der Waals surface area (Å²) in [5.74, 6) is -0.717. The van der Waals surface area contributed by atoms with Crippen LogP contribution in [0.5, 0.6) is 5.75 Å². The number of benzene rings is 1. The average molecular weight is 572 g/mol. The maximum Gasteiger partial charge on any atom is 0.419 e. The van der Waals surface area contributed by atoms with Crippen LogP contribution in [0.4, 0.5) is 19.0 Å². The van der Waals surface area contributed by atoms with Gasteiger partial charge in [0.25, 0.3) is 5.91 Å². The van der Waals surface area contributed by atoms with Crippen molar-refractivity contribution in [2.75, 3.05) is 26.1 Å². The van der Waals surface area contributed by atoms with Crippen LogP contribution in [0.25, 0.3) is 0 Å². The topological polar surface area (TPSA) is 89.5 Å². The molecular formula is C25H29BrF3N3O4. The number of rotatable bonds is 8. The maximum absolute atomic E-state index is 13.9. The van der Waals surface area contributed by atoms with Crippen molar-refractivity contribution >= 4 is 33.6 Å². The fourth-order valence-corrected chi connectivity index (χ4v) is 4.73. The number of pyridine rings is 1. The average Bonchev–Trinajstić information content (AvgIpc) is 2.86. The number of ether oxygens (including phenoxy) is 2. The van der Waals surface area contributed by atoms with E-state index in [-0.39, 0.29) is 29.2 Å². The number of methoxy groups -OCH3 is 2. The molecule has 36 heavy (non-hydrogen) atoms. The lowest BCUT2D eigenvalue weighted by molar-refractivity contribution is -0.146. The minimum absolute atomic E-state index is 0.139. The van der Waals surface area contributed by atoms with Crippen LogP contribution in [-0.4, -0.2) is 37.6 Å². The van der Waals surface area contributed by atoms with Gasteiger partial charge in [-0.25, -0.2) is 4.98 Å². The molecule has 0 spiro atoms. The normalized spacial score (nSPS) is 18.8. The first-order chi connectivity index (χ1) is 17.0. The summed E-state index contributed by atoms with van der Waals surface area (Å²) in [5, 5.41) is 5.51. The molecule has 1 fully saturated rings. The Bertz CT molecular complexity index is 1090. The highest BCUT2D eigenvalue weighted by molar-refractivity contribution is 9.10. The van der Waals surface area contributed by atoms with E-state index in [4.69, 9.17) is 9.47 Å². The number of nitrogens with zero attached hydrogens (tertiary/aromatic N) is 1. The number of esters is 1. The molecule has 3 rings (SSSR count). The van der Waals surface area contributed by atoms with Crippen LogP contribution in [0.3, 0.4) is 0 Å². The summed E-state index contributed by atoms with van der Waals surface area (Å²) >= 11 is 3.36. The molecule has 1 amide bonds. The highest BCUT2D eigenvalue weighted by Crippen LogP contribution is 2.37. The van der Waals surface area contributed by atoms with Gasteiger partial charge in [0.2, 0.25) is 0 Å². The number of alkyl halides is 3. The number of amides is 1. The second kappa shape index (κ2) is 11.9. The van der Waals surface area contributed by atoms with Gasteiger partial charge in [-0.1, -0.05) is 15.9 Å². The number of hydrogen-bond donors (Lipinski definition) is 2. The first-order valence-corrected chi connectivity index (χ1v) is 12.4. The van der Waals surface area contributed by atoms with Crippen LogP contribution in [0.1, 0.15) is 60.1 Å². The lowest BCUT2D eigenvalue weighted by Crippen LogP contribution is -2.33. The number of aromatic nitrogens is 1. The molecule has 196 valence electrons. The molecular weight excluding hydrogens is 543 g/mol. The van der Waals surface area contributed by atoms with E-state index in [0.29, 0.717) is 30.7 Å². The summed E-state index contributed by atoms with van der Waals surface area (Å²) in [6.45, 7) is 2.01. The van der Waals surface area contributed by atoms with Crippen LogP contribution in [0.15, 0.2) is 34.9 Å². The van der Waals surface area contributed by atoms with E-state index in [9.17, 15) is 22.8 Å². The van der Waals surface area contributed by atoms with Gasteiger partial charge in [0.1, 0.15) is 11.6 Å². The van der Waals surface area contributed by atoms with Crippen molar-refractivity contribution in [1.82, 2.24) is 10.3 Å². The zero-order valence-electron chi connectivity index (χ0n) is 20.2. The van der Waals surface area contributed by atoms with Crippen molar-refractivity contribution in [3.8, 4) is 5.75 Å². The van der Waals surface area contributed by atoms with Crippen LogP contribution in [0, 0.1) is 11.8 Å². The van der Waals surface area contributed by atoms with Gasteiger partial charge in [0.05, 0.1) is 37.3 Å². The Labute approximate surface area is 216 Å². The predicted octanol–water partition coefficient (Wildman–Crippen LogP) is 5.75. The number of hydrogen-bond acceptors (Lipinski definition) is 6. The van der Waals surface area contributed by atoms with Crippen molar-refractivity contribution in [1.29, 1.82) is 0 Å². The smallest absolute Gasteiger partial charge is 0.419 e. The molecule has 0 unspecified atom stereocenters. The summed E-state index contributed by atoms with van der Waals surface area (Å²) in [5.41, 5.74) is -0.566. The molecule has 2 aromatic rings. The third kappa shape index (κ3) is 6.89. The molecule has 0 aliphatic heterocycles. The Balaban J connectivity index is 1.70. The molecule has 1 aromatic heterocycles. The molecule has 1 aliphatic rings. The zero-order valence-corrected chi connectivity index (χ0v) is 21.8. The van der Waals surface area contributed by atoms with E-state index in [1.807, 2.05) is 0 Å². The van der Waals surface area contributed by atoms with Crippen LogP contribution in [-0.2, 0) is 15.7 Å². The van der Waals surface area contributed by atoms with E-state index in [1.54, 1.807) is 25.1 Å². The molecule has 0 radical (unpaired) electrons. The van der Waals surface area contributed by atoms with E-state index in [1.165, 1.54) is 14.2 Å². The third-order valence-electron chi connectivity index (χ3n) is 6.40. The third-order valence-corrected chi connectivity index (χ3v) is 6.89. The molecule has 11 heteroatoms.